The zero-order valence-electron chi connectivity index (χ0n) is 20.2. The average Bonchev–Trinajstić information content (AvgIpc) is 3.25. The molecule has 2 aromatic rings. The number of carbonyl (C=O) groups excluding carboxylic acids is 2. The molecule has 1 saturated carbocycles. The Hall–Kier alpha value is -3.22. The van der Waals surface area contributed by atoms with E-state index in [1.807, 2.05) is 62.4 Å². The molecule has 4 rings (SSSR count). The van der Waals surface area contributed by atoms with Gasteiger partial charge in [0, 0.05) is 25.6 Å². The predicted octanol–water partition coefficient (Wildman–Crippen LogP) is 4.41. The highest BCUT2D eigenvalue weighted by atomic mass is 16.6. The number of ether oxygens (including phenoxy) is 3. The lowest BCUT2D eigenvalue weighted by molar-refractivity contribution is -0.169. The van der Waals surface area contributed by atoms with Gasteiger partial charge >= 0.3 is 5.97 Å². The SMILES string of the molecule is CCOC(=O)C1(Oc2ccc(N3CCC(Oc4ccc(C(C)NC(C)=O)cc4)C3)cc2)CCC1. The van der Waals surface area contributed by atoms with Crippen LogP contribution in [0, 0.1) is 0 Å². The molecular formula is C27H34N2O5. The van der Waals surface area contributed by atoms with Crippen molar-refractivity contribution < 1.29 is 23.8 Å². The van der Waals surface area contributed by atoms with E-state index in [2.05, 4.69) is 10.2 Å². The zero-order valence-corrected chi connectivity index (χ0v) is 20.2. The lowest BCUT2D eigenvalue weighted by atomic mass is 9.80. The molecule has 1 N–H and O–H groups in total. The van der Waals surface area contributed by atoms with Crippen LogP contribution in [0.2, 0.25) is 0 Å². The summed E-state index contributed by atoms with van der Waals surface area (Å²) in [6.45, 7) is 7.38. The van der Waals surface area contributed by atoms with Crippen LogP contribution in [-0.4, -0.2) is 43.3 Å². The van der Waals surface area contributed by atoms with Crippen molar-refractivity contribution in [1.29, 1.82) is 0 Å². The fourth-order valence-electron chi connectivity index (χ4n) is 4.53. The van der Waals surface area contributed by atoms with E-state index in [0.717, 1.165) is 42.9 Å². The van der Waals surface area contributed by atoms with Gasteiger partial charge < -0.3 is 24.4 Å². The summed E-state index contributed by atoms with van der Waals surface area (Å²) >= 11 is 0. The van der Waals surface area contributed by atoms with Crippen molar-refractivity contribution in [3.63, 3.8) is 0 Å². The minimum absolute atomic E-state index is 0.0306. The Kier molecular flexibility index (Phi) is 7.29. The van der Waals surface area contributed by atoms with Gasteiger partial charge in [0.2, 0.25) is 11.5 Å². The summed E-state index contributed by atoms with van der Waals surface area (Å²) in [7, 11) is 0. The second-order valence-electron chi connectivity index (χ2n) is 9.13. The van der Waals surface area contributed by atoms with Gasteiger partial charge in [0.05, 0.1) is 19.2 Å². The average molecular weight is 467 g/mol. The Morgan fingerprint density at radius 2 is 1.76 bits per heavy atom. The van der Waals surface area contributed by atoms with E-state index in [9.17, 15) is 9.59 Å². The standard InChI is InChI=1S/C27H34N2O5/c1-4-32-26(31)27(15-5-16-27)34-24-12-8-22(9-13-24)29-17-14-25(18-29)33-23-10-6-21(7-11-23)19(2)28-20(3)30/h6-13,19,25H,4-5,14-18H2,1-3H3,(H,28,30). The van der Waals surface area contributed by atoms with Crippen molar-refractivity contribution in [3.05, 3.63) is 54.1 Å². The third kappa shape index (κ3) is 5.46. The molecule has 7 nitrogen and oxygen atoms in total. The smallest absolute Gasteiger partial charge is 0.350 e. The molecule has 1 saturated heterocycles. The van der Waals surface area contributed by atoms with Crippen molar-refractivity contribution in [1.82, 2.24) is 5.32 Å². The number of nitrogens with one attached hydrogen (secondary N) is 1. The predicted molar refractivity (Wildman–Crippen MR) is 130 cm³/mol. The van der Waals surface area contributed by atoms with Gasteiger partial charge in [-0.3, -0.25) is 4.79 Å². The first-order valence-electron chi connectivity index (χ1n) is 12.1. The van der Waals surface area contributed by atoms with E-state index in [4.69, 9.17) is 14.2 Å². The number of carbonyl (C=O) groups is 2. The molecule has 0 radical (unpaired) electrons. The Balaban J connectivity index is 1.30. The molecule has 0 spiro atoms. The molecule has 0 bridgehead atoms. The van der Waals surface area contributed by atoms with Crippen molar-refractivity contribution in [2.24, 2.45) is 0 Å². The minimum Gasteiger partial charge on any atom is -0.489 e. The topological polar surface area (TPSA) is 77.1 Å². The summed E-state index contributed by atoms with van der Waals surface area (Å²) < 4.78 is 17.5. The van der Waals surface area contributed by atoms with Crippen LogP contribution >= 0.6 is 0 Å². The van der Waals surface area contributed by atoms with Gasteiger partial charge in [0.25, 0.3) is 0 Å². The van der Waals surface area contributed by atoms with Crippen LogP contribution in [0.1, 0.15) is 58.1 Å². The monoisotopic (exact) mass is 466 g/mol. The first-order chi connectivity index (χ1) is 16.4. The molecule has 1 aliphatic heterocycles. The summed E-state index contributed by atoms with van der Waals surface area (Å²) in [4.78, 5) is 25.9. The van der Waals surface area contributed by atoms with E-state index in [1.165, 1.54) is 6.92 Å². The van der Waals surface area contributed by atoms with Crippen LogP contribution in [0.5, 0.6) is 11.5 Å². The molecule has 2 unspecified atom stereocenters. The van der Waals surface area contributed by atoms with Crippen LogP contribution < -0.4 is 19.7 Å². The highest BCUT2D eigenvalue weighted by Gasteiger charge is 2.48. The number of amides is 1. The molecule has 2 fully saturated rings. The highest BCUT2D eigenvalue weighted by molar-refractivity contribution is 5.81. The van der Waals surface area contributed by atoms with Gasteiger partial charge in [0.15, 0.2) is 0 Å². The number of anilines is 1. The summed E-state index contributed by atoms with van der Waals surface area (Å²) in [6, 6.07) is 15.8. The Morgan fingerprint density at radius 1 is 1.09 bits per heavy atom. The van der Waals surface area contributed by atoms with Gasteiger partial charge in [-0.25, -0.2) is 4.79 Å². The molecule has 34 heavy (non-hydrogen) atoms. The van der Waals surface area contributed by atoms with Crippen molar-refractivity contribution in [3.8, 4) is 11.5 Å². The molecule has 2 aromatic carbocycles. The van der Waals surface area contributed by atoms with Gasteiger partial charge in [-0.15, -0.1) is 0 Å². The van der Waals surface area contributed by atoms with Crippen LogP contribution in [0.15, 0.2) is 48.5 Å². The highest BCUT2D eigenvalue weighted by Crippen LogP contribution is 2.38. The number of hydrogen-bond donors (Lipinski definition) is 1. The molecule has 2 atom stereocenters. The van der Waals surface area contributed by atoms with E-state index >= 15 is 0 Å². The zero-order chi connectivity index (χ0) is 24.1. The van der Waals surface area contributed by atoms with Gasteiger partial charge in [-0.1, -0.05) is 12.1 Å². The number of hydrogen-bond acceptors (Lipinski definition) is 6. The largest absolute Gasteiger partial charge is 0.489 e. The van der Waals surface area contributed by atoms with Crippen molar-refractivity contribution >= 4 is 17.6 Å². The van der Waals surface area contributed by atoms with E-state index < -0.39 is 5.60 Å². The molecule has 182 valence electrons. The number of nitrogens with zero attached hydrogens (tertiary/aromatic N) is 1. The van der Waals surface area contributed by atoms with E-state index in [1.54, 1.807) is 0 Å². The minimum atomic E-state index is -0.820. The normalized spacial score (nSPS) is 19.6. The van der Waals surface area contributed by atoms with Crippen LogP contribution in [0.4, 0.5) is 5.69 Å². The van der Waals surface area contributed by atoms with E-state index in [-0.39, 0.29) is 24.0 Å². The fourth-order valence-corrected chi connectivity index (χ4v) is 4.53. The lowest BCUT2D eigenvalue weighted by Gasteiger charge is -2.39. The molecular weight excluding hydrogens is 432 g/mol. The fraction of sp³-hybridized carbons (Fsp3) is 0.481. The molecule has 0 aromatic heterocycles. The van der Waals surface area contributed by atoms with Crippen molar-refractivity contribution in [2.45, 2.75) is 64.2 Å². The summed E-state index contributed by atoms with van der Waals surface area (Å²) in [5.74, 6) is 1.22. The third-order valence-electron chi connectivity index (χ3n) is 6.57. The van der Waals surface area contributed by atoms with Gasteiger partial charge in [-0.2, -0.15) is 0 Å². The molecule has 2 aliphatic rings. The van der Waals surface area contributed by atoms with Gasteiger partial charge in [0.1, 0.15) is 17.6 Å². The molecule has 7 heteroatoms. The molecule has 1 heterocycles. The lowest BCUT2D eigenvalue weighted by Crippen LogP contribution is -2.51. The molecule has 1 aliphatic carbocycles. The Labute approximate surface area is 201 Å². The van der Waals surface area contributed by atoms with Crippen LogP contribution in [0.3, 0.4) is 0 Å². The maximum atomic E-state index is 12.3. The number of esters is 1. The first kappa shape index (κ1) is 23.9. The van der Waals surface area contributed by atoms with Crippen LogP contribution in [-0.2, 0) is 14.3 Å². The Morgan fingerprint density at radius 3 is 2.35 bits per heavy atom. The third-order valence-corrected chi connectivity index (χ3v) is 6.57. The maximum Gasteiger partial charge on any atom is 0.350 e. The number of rotatable bonds is 9. The molecule has 1 amide bonds. The number of benzene rings is 2. The first-order valence-corrected chi connectivity index (χ1v) is 12.1. The second-order valence-corrected chi connectivity index (χ2v) is 9.13. The van der Waals surface area contributed by atoms with Crippen LogP contribution in [0.25, 0.3) is 0 Å². The summed E-state index contributed by atoms with van der Waals surface area (Å²) in [5.41, 5.74) is 1.33. The summed E-state index contributed by atoms with van der Waals surface area (Å²) in [5, 5.41) is 2.89. The summed E-state index contributed by atoms with van der Waals surface area (Å²) in [6.07, 6.45) is 3.42. The van der Waals surface area contributed by atoms with E-state index in [0.29, 0.717) is 25.2 Å². The Bertz CT molecular complexity index is 985. The maximum absolute atomic E-state index is 12.3. The van der Waals surface area contributed by atoms with Crippen molar-refractivity contribution in [2.75, 3.05) is 24.6 Å². The second kappa shape index (κ2) is 10.4. The quantitative estimate of drug-likeness (QED) is 0.552. The van der Waals surface area contributed by atoms with Gasteiger partial charge in [-0.05, 0) is 75.1 Å².